The first-order valence-electron chi connectivity index (χ1n) is 10.3. The van der Waals surface area contributed by atoms with Gasteiger partial charge in [-0.25, -0.2) is 14.0 Å². The Morgan fingerprint density at radius 1 is 0.515 bits per heavy atom. The van der Waals surface area contributed by atoms with Crippen LogP contribution in [0.5, 0.6) is 11.5 Å². The molecule has 0 heterocycles. The molecule has 0 atom stereocenters. The molecular formula is C28H17FO4. The Labute approximate surface area is 188 Å². The average molecular weight is 436 g/mol. The molecule has 0 amide bonds. The van der Waals surface area contributed by atoms with E-state index in [1.165, 1.54) is 18.2 Å². The lowest BCUT2D eigenvalue weighted by Crippen LogP contribution is -2.11. The number of benzene rings is 5. The Kier molecular flexibility index (Phi) is 5.29. The second kappa shape index (κ2) is 8.55. The van der Waals surface area contributed by atoms with Crippen molar-refractivity contribution in [2.75, 3.05) is 0 Å². The van der Waals surface area contributed by atoms with Gasteiger partial charge >= 0.3 is 11.9 Å². The van der Waals surface area contributed by atoms with Crippen molar-refractivity contribution in [3.63, 3.8) is 0 Å². The maximum atomic E-state index is 14.3. The Morgan fingerprint density at radius 2 is 0.939 bits per heavy atom. The number of halogens is 1. The number of fused-ring (bicyclic) bond motifs is 2. The van der Waals surface area contributed by atoms with E-state index < -0.39 is 17.8 Å². The third kappa shape index (κ3) is 3.92. The third-order valence-electron chi connectivity index (χ3n) is 5.30. The first kappa shape index (κ1) is 20.4. The molecule has 0 bridgehead atoms. The monoisotopic (exact) mass is 436 g/mol. The molecule has 0 unspecified atom stereocenters. The molecule has 33 heavy (non-hydrogen) atoms. The van der Waals surface area contributed by atoms with E-state index in [1.807, 2.05) is 0 Å². The van der Waals surface area contributed by atoms with Crippen molar-refractivity contribution in [3.05, 3.63) is 120 Å². The van der Waals surface area contributed by atoms with Crippen LogP contribution in [0, 0.1) is 5.82 Å². The number of ether oxygens (including phenoxy) is 2. The van der Waals surface area contributed by atoms with E-state index in [9.17, 15) is 14.0 Å². The Bertz CT molecular complexity index is 1490. The highest BCUT2D eigenvalue weighted by molar-refractivity contribution is 6.13. The quantitative estimate of drug-likeness (QED) is 0.182. The summed E-state index contributed by atoms with van der Waals surface area (Å²) < 4.78 is 25.9. The summed E-state index contributed by atoms with van der Waals surface area (Å²) >= 11 is 0. The van der Waals surface area contributed by atoms with Gasteiger partial charge in [0.25, 0.3) is 0 Å². The molecule has 0 aromatic heterocycles. The van der Waals surface area contributed by atoms with Crippen molar-refractivity contribution < 1.29 is 23.5 Å². The van der Waals surface area contributed by atoms with Gasteiger partial charge in [0, 0.05) is 21.5 Å². The van der Waals surface area contributed by atoms with Crippen molar-refractivity contribution >= 4 is 33.5 Å². The topological polar surface area (TPSA) is 52.6 Å². The minimum Gasteiger partial charge on any atom is -0.422 e. The Balaban J connectivity index is 1.70. The van der Waals surface area contributed by atoms with Gasteiger partial charge < -0.3 is 9.47 Å². The van der Waals surface area contributed by atoms with Gasteiger partial charge in [0.2, 0.25) is 0 Å². The molecule has 0 aliphatic heterocycles. The lowest BCUT2D eigenvalue weighted by atomic mass is 10.00. The van der Waals surface area contributed by atoms with Crippen LogP contribution in [0.15, 0.2) is 103 Å². The van der Waals surface area contributed by atoms with Gasteiger partial charge in [-0.3, -0.25) is 0 Å². The molecule has 0 aliphatic carbocycles. The van der Waals surface area contributed by atoms with E-state index in [-0.39, 0.29) is 11.5 Å². The van der Waals surface area contributed by atoms with Crippen molar-refractivity contribution in [2.45, 2.75) is 0 Å². The normalized spacial score (nSPS) is 10.8. The van der Waals surface area contributed by atoms with Crippen LogP contribution in [0.25, 0.3) is 21.5 Å². The first-order valence-corrected chi connectivity index (χ1v) is 10.3. The summed E-state index contributed by atoms with van der Waals surface area (Å²) in [6, 6.07) is 28.3. The fraction of sp³-hybridized carbons (Fsp3) is 0. The van der Waals surface area contributed by atoms with Crippen molar-refractivity contribution in [3.8, 4) is 11.5 Å². The molecule has 5 aromatic carbocycles. The van der Waals surface area contributed by atoms with Crippen LogP contribution >= 0.6 is 0 Å². The zero-order chi connectivity index (χ0) is 22.8. The summed E-state index contributed by atoms with van der Waals surface area (Å²) in [6.45, 7) is 0. The number of esters is 2. The van der Waals surface area contributed by atoms with Crippen LogP contribution in [0.1, 0.15) is 20.7 Å². The standard InChI is InChI=1S/C28H17FO4/c29-20-15-16-23-24(17-20)26(33-28(31)19-11-5-2-6-12-19)22-14-8-7-13-21(22)25(23)32-27(30)18-9-3-1-4-10-18/h1-17H. The number of carbonyl (C=O) groups is 2. The molecule has 0 saturated heterocycles. The van der Waals surface area contributed by atoms with Gasteiger partial charge in [0.05, 0.1) is 11.1 Å². The Hall–Kier alpha value is -4.51. The van der Waals surface area contributed by atoms with Gasteiger partial charge in [0.15, 0.2) is 0 Å². The van der Waals surface area contributed by atoms with Crippen LogP contribution in [0.2, 0.25) is 0 Å². The number of hydrogen-bond acceptors (Lipinski definition) is 4. The molecule has 160 valence electrons. The van der Waals surface area contributed by atoms with Crippen molar-refractivity contribution in [1.29, 1.82) is 0 Å². The zero-order valence-electron chi connectivity index (χ0n) is 17.3. The van der Waals surface area contributed by atoms with Gasteiger partial charge in [-0.2, -0.15) is 0 Å². The average Bonchev–Trinajstić information content (AvgIpc) is 2.86. The zero-order valence-corrected chi connectivity index (χ0v) is 17.3. The smallest absolute Gasteiger partial charge is 0.343 e. The minimum atomic E-state index is -0.569. The summed E-state index contributed by atoms with van der Waals surface area (Å²) in [6.07, 6.45) is 0. The third-order valence-corrected chi connectivity index (χ3v) is 5.30. The Morgan fingerprint density at radius 3 is 1.45 bits per heavy atom. The molecule has 5 aromatic rings. The second-order valence-electron chi connectivity index (χ2n) is 7.40. The van der Waals surface area contributed by atoms with Crippen molar-refractivity contribution in [2.24, 2.45) is 0 Å². The van der Waals surface area contributed by atoms with E-state index in [2.05, 4.69) is 0 Å². The lowest BCUT2D eigenvalue weighted by Gasteiger charge is -2.16. The summed E-state index contributed by atoms with van der Waals surface area (Å²) in [7, 11) is 0. The summed E-state index contributed by atoms with van der Waals surface area (Å²) in [5.41, 5.74) is 0.752. The summed E-state index contributed by atoms with van der Waals surface area (Å²) in [5.74, 6) is -1.14. The van der Waals surface area contributed by atoms with Crippen LogP contribution in [0.4, 0.5) is 4.39 Å². The largest absolute Gasteiger partial charge is 0.422 e. The number of hydrogen-bond donors (Lipinski definition) is 0. The second-order valence-corrected chi connectivity index (χ2v) is 7.40. The molecule has 4 nitrogen and oxygen atoms in total. The highest BCUT2D eigenvalue weighted by Crippen LogP contribution is 2.43. The summed E-state index contributed by atoms with van der Waals surface area (Å²) in [5, 5.41) is 1.87. The van der Waals surface area contributed by atoms with Crippen molar-refractivity contribution in [1.82, 2.24) is 0 Å². The van der Waals surface area contributed by atoms with Gasteiger partial charge in [-0.1, -0.05) is 60.7 Å². The van der Waals surface area contributed by atoms with Crippen LogP contribution in [-0.2, 0) is 0 Å². The lowest BCUT2D eigenvalue weighted by molar-refractivity contribution is 0.0726. The highest BCUT2D eigenvalue weighted by Gasteiger charge is 2.21. The summed E-state index contributed by atoms with van der Waals surface area (Å²) in [4.78, 5) is 25.7. The molecule has 0 N–H and O–H groups in total. The molecular weight excluding hydrogens is 419 g/mol. The van der Waals surface area contributed by atoms with Gasteiger partial charge in [-0.15, -0.1) is 0 Å². The first-order chi connectivity index (χ1) is 16.1. The maximum Gasteiger partial charge on any atom is 0.343 e. The fourth-order valence-corrected chi connectivity index (χ4v) is 3.74. The molecule has 0 radical (unpaired) electrons. The highest BCUT2D eigenvalue weighted by atomic mass is 19.1. The SMILES string of the molecule is O=C(Oc1c2ccccc2c(OC(=O)c2ccccc2)c2cc(F)ccc12)c1ccccc1. The molecule has 5 heteroatoms. The van der Waals surface area contributed by atoms with Crippen LogP contribution in [-0.4, -0.2) is 11.9 Å². The number of carbonyl (C=O) groups excluding carboxylic acids is 2. The van der Waals surface area contributed by atoms with E-state index in [0.29, 0.717) is 32.7 Å². The predicted molar refractivity (Wildman–Crippen MR) is 124 cm³/mol. The van der Waals surface area contributed by atoms with Gasteiger partial charge in [0.1, 0.15) is 17.3 Å². The molecule has 0 saturated carbocycles. The van der Waals surface area contributed by atoms with E-state index in [1.54, 1.807) is 84.9 Å². The van der Waals surface area contributed by atoms with E-state index in [4.69, 9.17) is 9.47 Å². The van der Waals surface area contributed by atoms with E-state index in [0.717, 1.165) is 0 Å². The fourth-order valence-electron chi connectivity index (χ4n) is 3.74. The van der Waals surface area contributed by atoms with Gasteiger partial charge in [-0.05, 0) is 42.5 Å². The predicted octanol–water partition coefficient (Wildman–Crippen LogP) is 6.57. The molecule has 0 spiro atoms. The van der Waals surface area contributed by atoms with Crippen LogP contribution in [0.3, 0.4) is 0 Å². The molecule has 0 fully saturated rings. The number of rotatable bonds is 4. The maximum absolute atomic E-state index is 14.3. The molecule has 0 aliphatic rings. The minimum absolute atomic E-state index is 0.202. The molecule has 5 rings (SSSR count). The van der Waals surface area contributed by atoms with Crippen LogP contribution < -0.4 is 9.47 Å². The van der Waals surface area contributed by atoms with E-state index >= 15 is 0 Å².